The van der Waals surface area contributed by atoms with Crippen molar-refractivity contribution in [1.29, 1.82) is 0 Å². The van der Waals surface area contributed by atoms with Gasteiger partial charge in [0.25, 0.3) is 0 Å². The Labute approximate surface area is 123 Å². The first kappa shape index (κ1) is 14.2. The predicted octanol–water partition coefficient (Wildman–Crippen LogP) is 4.16. The molecule has 0 fully saturated rings. The van der Waals surface area contributed by atoms with Crippen LogP contribution in [0.2, 0.25) is 0 Å². The van der Waals surface area contributed by atoms with Crippen molar-refractivity contribution in [3.8, 4) is 0 Å². The fourth-order valence-corrected chi connectivity index (χ4v) is 2.78. The predicted molar refractivity (Wildman–Crippen MR) is 83.4 cm³/mol. The number of hydrogen-bond acceptors (Lipinski definition) is 2. The average Bonchev–Trinajstić information content (AvgIpc) is 2.34. The zero-order chi connectivity index (χ0) is 13.8. The third kappa shape index (κ3) is 3.64. The molecule has 19 heavy (non-hydrogen) atoms. The van der Waals surface area contributed by atoms with E-state index in [9.17, 15) is 0 Å². The number of nitrogens with one attached hydrogen (secondary N) is 1. The lowest BCUT2D eigenvalue weighted by atomic mass is 9.96. The van der Waals surface area contributed by atoms with Gasteiger partial charge in [-0.1, -0.05) is 36.2 Å². The molecule has 0 saturated heterocycles. The molecule has 0 aliphatic heterocycles. The second-order valence-electron chi connectivity index (χ2n) is 4.85. The molecule has 1 N–H and O–H groups in total. The van der Waals surface area contributed by atoms with Crippen molar-refractivity contribution in [2.45, 2.75) is 26.8 Å². The molecular weight excluding hydrogens is 300 g/mol. The second kappa shape index (κ2) is 6.31. The number of aromatic nitrogens is 1. The Bertz CT molecular complexity index is 546. The fraction of sp³-hybridized carbons (Fsp3) is 0.312. The van der Waals surface area contributed by atoms with E-state index in [2.05, 4.69) is 71.3 Å². The number of halogens is 1. The molecule has 0 radical (unpaired) electrons. The number of benzene rings is 1. The van der Waals surface area contributed by atoms with Crippen LogP contribution >= 0.6 is 15.9 Å². The van der Waals surface area contributed by atoms with E-state index in [0.29, 0.717) is 0 Å². The first-order chi connectivity index (χ1) is 9.10. The minimum atomic E-state index is 0.189. The highest BCUT2D eigenvalue weighted by atomic mass is 79.9. The van der Waals surface area contributed by atoms with E-state index >= 15 is 0 Å². The Morgan fingerprint density at radius 2 is 1.74 bits per heavy atom. The molecule has 0 bridgehead atoms. The van der Waals surface area contributed by atoms with Crippen molar-refractivity contribution < 1.29 is 0 Å². The zero-order valence-electron chi connectivity index (χ0n) is 11.6. The number of pyridine rings is 1. The van der Waals surface area contributed by atoms with Crippen LogP contribution in [0.3, 0.4) is 0 Å². The van der Waals surface area contributed by atoms with Gasteiger partial charge in [0.15, 0.2) is 0 Å². The maximum atomic E-state index is 4.27. The van der Waals surface area contributed by atoms with Gasteiger partial charge in [0.05, 0.1) is 6.04 Å². The van der Waals surface area contributed by atoms with Crippen LogP contribution in [0, 0.1) is 13.8 Å². The van der Waals surface area contributed by atoms with Crippen LogP contribution in [0.15, 0.2) is 41.1 Å². The van der Waals surface area contributed by atoms with E-state index in [0.717, 1.165) is 11.0 Å². The van der Waals surface area contributed by atoms with Gasteiger partial charge in [-0.15, -0.1) is 0 Å². The number of nitrogens with zero attached hydrogens (tertiary/aromatic N) is 1. The Kier molecular flexibility index (Phi) is 4.72. The Balaban J connectivity index is 2.44. The number of rotatable bonds is 4. The monoisotopic (exact) mass is 318 g/mol. The standard InChI is InChI=1S/C16H19BrN2/c1-4-19-16(14-8-15(17)10-18-9-14)13-6-11(2)5-12(3)7-13/h5-10,16,19H,4H2,1-3H3. The maximum Gasteiger partial charge on any atom is 0.0592 e. The summed E-state index contributed by atoms with van der Waals surface area (Å²) in [5.74, 6) is 0. The van der Waals surface area contributed by atoms with E-state index in [4.69, 9.17) is 0 Å². The van der Waals surface area contributed by atoms with Crippen molar-refractivity contribution >= 4 is 15.9 Å². The molecule has 0 amide bonds. The fourth-order valence-electron chi connectivity index (χ4n) is 2.40. The van der Waals surface area contributed by atoms with Crippen LogP contribution < -0.4 is 5.32 Å². The third-order valence-electron chi connectivity index (χ3n) is 3.04. The van der Waals surface area contributed by atoms with Gasteiger partial charge in [0, 0.05) is 16.9 Å². The van der Waals surface area contributed by atoms with Crippen molar-refractivity contribution in [3.63, 3.8) is 0 Å². The number of hydrogen-bond donors (Lipinski definition) is 1. The minimum absolute atomic E-state index is 0.189. The molecule has 1 aromatic heterocycles. The van der Waals surface area contributed by atoms with Crippen LogP contribution in [0.5, 0.6) is 0 Å². The summed E-state index contributed by atoms with van der Waals surface area (Å²) in [4.78, 5) is 4.27. The lowest BCUT2D eigenvalue weighted by Gasteiger charge is -2.20. The van der Waals surface area contributed by atoms with Gasteiger partial charge in [0.1, 0.15) is 0 Å². The smallest absolute Gasteiger partial charge is 0.0592 e. The number of aryl methyl sites for hydroxylation is 2. The second-order valence-corrected chi connectivity index (χ2v) is 5.76. The molecule has 1 atom stereocenters. The largest absolute Gasteiger partial charge is 0.306 e. The highest BCUT2D eigenvalue weighted by Crippen LogP contribution is 2.25. The maximum absolute atomic E-state index is 4.27. The Hall–Kier alpha value is -1.19. The topological polar surface area (TPSA) is 24.9 Å². The normalized spacial score (nSPS) is 12.4. The lowest BCUT2D eigenvalue weighted by molar-refractivity contribution is 0.627. The molecular formula is C16H19BrN2. The summed E-state index contributed by atoms with van der Waals surface area (Å²) in [6.07, 6.45) is 3.74. The summed E-state index contributed by atoms with van der Waals surface area (Å²) >= 11 is 3.49. The minimum Gasteiger partial charge on any atom is -0.306 e. The molecule has 100 valence electrons. The Morgan fingerprint density at radius 3 is 2.32 bits per heavy atom. The molecule has 0 saturated carbocycles. The van der Waals surface area contributed by atoms with Gasteiger partial charge < -0.3 is 5.32 Å². The van der Waals surface area contributed by atoms with Gasteiger partial charge in [-0.25, -0.2) is 0 Å². The van der Waals surface area contributed by atoms with Gasteiger partial charge in [-0.2, -0.15) is 0 Å². The molecule has 0 spiro atoms. The van der Waals surface area contributed by atoms with Crippen LogP contribution in [0.1, 0.15) is 35.2 Å². The first-order valence-electron chi connectivity index (χ1n) is 6.52. The molecule has 1 unspecified atom stereocenters. The zero-order valence-corrected chi connectivity index (χ0v) is 13.2. The van der Waals surface area contributed by atoms with Crippen LogP contribution in [0.25, 0.3) is 0 Å². The van der Waals surface area contributed by atoms with Crippen molar-refractivity contribution in [2.24, 2.45) is 0 Å². The van der Waals surface area contributed by atoms with E-state index in [1.54, 1.807) is 0 Å². The molecule has 0 aliphatic carbocycles. The molecule has 0 aliphatic rings. The van der Waals surface area contributed by atoms with Gasteiger partial charge in [-0.3, -0.25) is 4.98 Å². The lowest BCUT2D eigenvalue weighted by Crippen LogP contribution is -2.22. The first-order valence-corrected chi connectivity index (χ1v) is 7.31. The van der Waals surface area contributed by atoms with Crippen molar-refractivity contribution in [3.05, 3.63) is 63.4 Å². The molecule has 1 aromatic carbocycles. The summed E-state index contributed by atoms with van der Waals surface area (Å²) in [6, 6.07) is 8.99. The van der Waals surface area contributed by atoms with Gasteiger partial charge >= 0.3 is 0 Å². The van der Waals surface area contributed by atoms with E-state index in [1.165, 1.54) is 22.3 Å². The summed E-state index contributed by atoms with van der Waals surface area (Å²) in [5, 5.41) is 3.54. The molecule has 2 aromatic rings. The quantitative estimate of drug-likeness (QED) is 0.915. The molecule has 2 rings (SSSR count). The summed E-state index contributed by atoms with van der Waals surface area (Å²) in [7, 11) is 0. The van der Waals surface area contributed by atoms with E-state index < -0.39 is 0 Å². The van der Waals surface area contributed by atoms with Crippen LogP contribution in [-0.4, -0.2) is 11.5 Å². The average molecular weight is 319 g/mol. The molecule has 2 nitrogen and oxygen atoms in total. The summed E-state index contributed by atoms with van der Waals surface area (Å²) < 4.78 is 1.01. The molecule has 3 heteroatoms. The van der Waals surface area contributed by atoms with Gasteiger partial charge in [-0.05, 0) is 53.5 Å². The van der Waals surface area contributed by atoms with Crippen LogP contribution in [0.4, 0.5) is 0 Å². The SMILES string of the molecule is CCNC(c1cc(C)cc(C)c1)c1cncc(Br)c1. The Morgan fingerprint density at radius 1 is 1.05 bits per heavy atom. The van der Waals surface area contributed by atoms with Gasteiger partial charge in [0.2, 0.25) is 0 Å². The third-order valence-corrected chi connectivity index (χ3v) is 3.48. The van der Waals surface area contributed by atoms with E-state index in [1.807, 2.05) is 12.4 Å². The van der Waals surface area contributed by atoms with E-state index in [-0.39, 0.29) is 6.04 Å². The van der Waals surface area contributed by atoms with Crippen LogP contribution in [-0.2, 0) is 0 Å². The highest BCUT2D eigenvalue weighted by molar-refractivity contribution is 9.10. The highest BCUT2D eigenvalue weighted by Gasteiger charge is 2.14. The van der Waals surface area contributed by atoms with Crippen molar-refractivity contribution in [1.82, 2.24) is 10.3 Å². The summed E-state index contributed by atoms with van der Waals surface area (Å²) in [6.45, 7) is 7.32. The van der Waals surface area contributed by atoms with Crippen molar-refractivity contribution in [2.75, 3.05) is 6.54 Å². The summed E-state index contributed by atoms with van der Waals surface area (Å²) in [5.41, 5.74) is 5.06. The molecule has 1 heterocycles.